The molecule has 1 amide bonds. The van der Waals surface area contributed by atoms with Crippen molar-refractivity contribution in [3.05, 3.63) is 34.2 Å². The third-order valence-electron chi connectivity index (χ3n) is 2.70. The van der Waals surface area contributed by atoms with Crippen molar-refractivity contribution in [3.63, 3.8) is 0 Å². The van der Waals surface area contributed by atoms with Crippen LogP contribution in [0, 0.1) is 0 Å². The van der Waals surface area contributed by atoms with Gasteiger partial charge in [-0.15, -0.1) is 0 Å². The molecule has 1 rings (SSSR count). The fraction of sp³-hybridized carbons (Fsp3) is 0.500. The number of aromatic nitrogens is 1. The first-order chi connectivity index (χ1) is 8.10. The Morgan fingerprint density at radius 1 is 1.53 bits per heavy atom. The highest BCUT2D eigenvalue weighted by molar-refractivity contribution is 7.98. The number of hydrogen-bond acceptors (Lipinski definition) is 3. The number of rotatable bonds is 5. The van der Waals surface area contributed by atoms with Crippen molar-refractivity contribution >= 4 is 17.7 Å². The Labute approximate surface area is 105 Å². The molecule has 0 saturated heterocycles. The molecule has 1 aromatic heterocycles. The van der Waals surface area contributed by atoms with Gasteiger partial charge in [0, 0.05) is 24.9 Å². The summed E-state index contributed by atoms with van der Waals surface area (Å²) in [5.41, 5.74) is 0.0988. The van der Waals surface area contributed by atoms with Gasteiger partial charge in [-0.2, -0.15) is 11.8 Å². The average Bonchev–Trinajstić information content (AvgIpc) is 2.34. The minimum atomic E-state index is -0.248. The van der Waals surface area contributed by atoms with Gasteiger partial charge in [-0.1, -0.05) is 13.0 Å². The molecule has 0 spiro atoms. The van der Waals surface area contributed by atoms with Crippen LogP contribution in [0.3, 0.4) is 0 Å². The minimum Gasteiger partial charge on any atom is -0.337 e. The Morgan fingerprint density at radius 2 is 2.24 bits per heavy atom. The Hall–Kier alpha value is -1.23. The predicted molar refractivity (Wildman–Crippen MR) is 71.6 cm³/mol. The van der Waals surface area contributed by atoms with Gasteiger partial charge in [-0.05, 0) is 18.7 Å². The van der Waals surface area contributed by atoms with Gasteiger partial charge in [0.1, 0.15) is 5.69 Å². The molecule has 1 N–H and O–H groups in total. The minimum absolute atomic E-state index is 0.136. The van der Waals surface area contributed by atoms with Crippen LogP contribution in [-0.2, 0) is 0 Å². The van der Waals surface area contributed by atoms with Crippen molar-refractivity contribution in [1.29, 1.82) is 0 Å². The van der Waals surface area contributed by atoms with E-state index in [1.54, 1.807) is 35.8 Å². The van der Waals surface area contributed by atoms with E-state index in [9.17, 15) is 9.59 Å². The van der Waals surface area contributed by atoms with Crippen molar-refractivity contribution in [2.45, 2.75) is 19.4 Å². The van der Waals surface area contributed by atoms with Crippen molar-refractivity contribution in [2.24, 2.45) is 0 Å². The summed E-state index contributed by atoms with van der Waals surface area (Å²) in [6.07, 6.45) is 2.92. The summed E-state index contributed by atoms with van der Waals surface area (Å²) in [6.45, 7) is 2.05. The van der Waals surface area contributed by atoms with Gasteiger partial charge in [-0.25, -0.2) is 0 Å². The number of H-pyrrole nitrogens is 1. The van der Waals surface area contributed by atoms with Crippen LogP contribution in [0.2, 0.25) is 0 Å². The van der Waals surface area contributed by atoms with Gasteiger partial charge >= 0.3 is 0 Å². The van der Waals surface area contributed by atoms with Crippen molar-refractivity contribution < 1.29 is 4.79 Å². The van der Waals surface area contributed by atoms with Crippen LogP contribution in [0.25, 0.3) is 0 Å². The molecule has 0 bridgehead atoms. The maximum atomic E-state index is 12.1. The number of carbonyl (C=O) groups is 1. The van der Waals surface area contributed by atoms with Crippen molar-refractivity contribution in [3.8, 4) is 0 Å². The van der Waals surface area contributed by atoms with E-state index in [0.717, 1.165) is 12.2 Å². The van der Waals surface area contributed by atoms with E-state index in [1.165, 1.54) is 6.07 Å². The maximum Gasteiger partial charge on any atom is 0.270 e. The van der Waals surface area contributed by atoms with Crippen LogP contribution < -0.4 is 5.56 Å². The number of hydrogen-bond donors (Lipinski definition) is 1. The quantitative estimate of drug-likeness (QED) is 0.868. The molecule has 0 aliphatic heterocycles. The number of aromatic amines is 1. The van der Waals surface area contributed by atoms with Crippen LogP contribution in [0.1, 0.15) is 23.8 Å². The zero-order valence-electron chi connectivity index (χ0n) is 10.4. The Kier molecular flexibility index (Phi) is 5.28. The van der Waals surface area contributed by atoms with Gasteiger partial charge < -0.3 is 9.88 Å². The second-order valence-corrected chi connectivity index (χ2v) is 4.77. The second-order valence-electron chi connectivity index (χ2n) is 3.86. The first-order valence-electron chi connectivity index (χ1n) is 5.55. The summed E-state index contributed by atoms with van der Waals surface area (Å²) in [5.74, 6) is 0.763. The van der Waals surface area contributed by atoms with Gasteiger partial charge in [0.15, 0.2) is 0 Å². The summed E-state index contributed by atoms with van der Waals surface area (Å²) in [5, 5.41) is 0. The molecule has 1 unspecified atom stereocenters. The molecule has 0 radical (unpaired) electrons. The monoisotopic (exact) mass is 254 g/mol. The zero-order valence-corrected chi connectivity index (χ0v) is 11.2. The molecule has 1 heterocycles. The van der Waals surface area contributed by atoms with Gasteiger partial charge in [0.25, 0.3) is 5.91 Å². The molecule has 0 fully saturated rings. The number of nitrogens with one attached hydrogen (secondary N) is 1. The molecule has 1 aromatic rings. The summed E-state index contributed by atoms with van der Waals surface area (Å²) < 4.78 is 0. The largest absolute Gasteiger partial charge is 0.337 e. The number of thioether (sulfide) groups is 1. The number of pyridine rings is 1. The Bertz CT molecular complexity index is 431. The molecule has 4 nitrogen and oxygen atoms in total. The summed E-state index contributed by atoms with van der Waals surface area (Å²) in [7, 11) is 1.78. The van der Waals surface area contributed by atoms with Crippen molar-refractivity contribution in [1.82, 2.24) is 9.88 Å². The highest BCUT2D eigenvalue weighted by atomic mass is 32.2. The number of amides is 1. The zero-order chi connectivity index (χ0) is 12.8. The van der Waals surface area contributed by atoms with E-state index < -0.39 is 0 Å². The normalized spacial score (nSPS) is 12.2. The van der Waals surface area contributed by atoms with Crippen LogP contribution in [0.4, 0.5) is 0 Å². The first-order valence-corrected chi connectivity index (χ1v) is 6.95. The van der Waals surface area contributed by atoms with Crippen molar-refractivity contribution in [2.75, 3.05) is 19.1 Å². The van der Waals surface area contributed by atoms with Gasteiger partial charge in [0.2, 0.25) is 5.56 Å². The van der Waals surface area contributed by atoms with E-state index in [0.29, 0.717) is 5.69 Å². The molecule has 0 aliphatic carbocycles. The van der Waals surface area contributed by atoms with Crippen LogP contribution in [-0.4, -0.2) is 40.9 Å². The molecule has 5 heteroatoms. The van der Waals surface area contributed by atoms with Crippen LogP contribution >= 0.6 is 11.8 Å². The molecule has 94 valence electrons. The first kappa shape index (κ1) is 13.8. The second kappa shape index (κ2) is 6.49. The molecular formula is C12H18N2O2S. The average molecular weight is 254 g/mol. The molecule has 0 aliphatic rings. The third-order valence-corrected chi connectivity index (χ3v) is 3.42. The number of nitrogens with zero attached hydrogens (tertiary/aromatic N) is 1. The van der Waals surface area contributed by atoms with E-state index in [2.05, 4.69) is 11.9 Å². The van der Waals surface area contributed by atoms with Crippen LogP contribution in [0.15, 0.2) is 23.0 Å². The lowest BCUT2D eigenvalue weighted by atomic mass is 10.2. The molecule has 0 aromatic carbocycles. The highest BCUT2D eigenvalue weighted by Crippen LogP contribution is 2.10. The summed E-state index contributed by atoms with van der Waals surface area (Å²) in [4.78, 5) is 27.5. The SMILES string of the molecule is CCC(CSC)N(C)C(=O)c1cccc(=O)[nH]1. The molecule has 17 heavy (non-hydrogen) atoms. The Balaban J connectivity index is 2.85. The summed E-state index contributed by atoms with van der Waals surface area (Å²) in [6, 6.07) is 4.82. The van der Waals surface area contributed by atoms with E-state index in [-0.39, 0.29) is 17.5 Å². The highest BCUT2D eigenvalue weighted by Gasteiger charge is 2.19. The molecule has 1 atom stereocenters. The third kappa shape index (κ3) is 3.63. The maximum absolute atomic E-state index is 12.1. The van der Waals surface area contributed by atoms with E-state index >= 15 is 0 Å². The van der Waals surface area contributed by atoms with E-state index in [1.807, 2.05) is 6.26 Å². The number of carbonyl (C=O) groups excluding carboxylic acids is 1. The standard InChI is InChI=1S/C12H18N2O2S/c1-4-9(8-17-3)14(2)12(16)10-6-5-7-11(15)13-10/h5-7,9H,4,8H2,1-3H3,(H,13,15). The predicted octanol–water partition coefficient (Wildman–Crippen LogP) is 1.59. The fourth-order valence-corrected chi connectivity index (χ4v) is 2.47. The smallest absolute Gasteiger partial charge is 0.270 e. The van der Waals surface area contributed by atoms with Gasteiger partial charge in [-0.3, -0.25) is 9.59 Å². The fourth-order valence-electron chi connectivity index (χ4n) is 1.62. The van der Waals surface area contributed by atoms with E-state index in [4.69, 9.17) is 0 Å². The molecular weight excluding hydrogens is 236 g/mol. The summed E-state index contributed by atoms with van der Waals surface area (Å²) >= 11 is 1.71. The lowest BCUT2D eigenvalue weighted by Crippen LogP contribution is -2.39. The Morgan fingerprint density at radius 3 is 2.76 bits per heavy atom. The lowest BCUT2D eigenvalue weighted by Gasteiger charge is -2.26. The van der Waals surface area contributed by atoms with Gasteiger partial charge in [0.05, 0.1) is 0 Å². The van der Waals surface area contributed by atoms with Crippen LogP contribution in [0.5, 0.6) is 0 Å². The topological polar surface area (TPSA) is 53.2 Å². The molecule has 0 saturated carbocycles. The lowest BCUT2D eigenvalue weighted by molar-refractivity contribution is 0.0737.